The van der Waals surface area contributed by atoms with Crippen molar-refractivity contribution in [1.82, 2.24) is 14.4 Å². The Hall–Kier alpha value is -2.71. The third-order valence-electron chi connectivity index (χ3n) is 3.63. The fourth-order valence-corrected chi connectivity index (χ4v) is 3.85. The molecule has 4 aromatic rings. The molecule has 8 heteroatoms. The van der Waals surface area contributed by atoms with Crippen molar-refractivity contribution < 1.29 is 8.42 Å². The lowest BCUT2D eigenvalue weighted by atomic mass is 10.1. The Kier molecular flexibility index (Phi) is 3.78. The van der Waals surface area contributed by atoms with Gasteiger partial charge in [-0.3, -0.25) is 9.12 Å². The molecular weight excluding hydrogens is 356 g/mol. The average Bonchev–Trinajstić information content (AvgIpc) is 3.22. The predicted octanol–water partition coefficient (Wildman–Crippen LogP) is 3.50. The van der Waals surface area contributed by atoms with Crippen molar-refractivity contribution in [3.8, 4) is 21.8 Å². The van der Waals surface area contributed by atoms with Gasteiger partial charge in [0.15, 0.2) is 5.65 Å². The maximum atomic E-state index is 11.5. The summed E-state index contributed by atoms with van der Waals surface area (Å²) in [5.74, 6) is 0. The van der Waals surface area contributed by atoms with Crippen LogP contribution in [0.5, 0.6) is 0 Å². The van der Waals surface area contributed by atoms with Crippen molar-refractivity contribution in [2.75, 3.05) is 11.0 Å². The molecule has 0 spiro atoms. The second-order valence-electron chi connectivity index (χ2n) is 5.58. The van der Waals surface area contributed by atoms with Crippen LogP contribution in [0.4, 0.5) is 5.69 Å². The molecule has 1 aromatic carbocycles. The van der Waals surface area contributed by atoms with Crippen LogP contribution in [0, 0.1) is 0 Å². The van der Waals surface area contributed by atoms with Gasteiger partial charge in [-0.2, -0.15) is 0 Å². The van der Waals surface area contributed by atoms with E-state index in [9.17, 15) is 8.42 Å². The number of fused-ring (bicyclic) bond motifs is 1. The van der Waals surface area contributed by atoms with Crippen molar-refractivity contribution in [2.45, 2.75) is 0 Å². The van der Waals surface area contributed by atoms with E-state index < -0.39 is 10.0 Å². The molecular formula is C17H14N4O2S2. The molecule has 0 radical (unpaired) electrons. The summed E-state index contributed by atoms with van der Waals surface area (Å²) in [5.41, 5.74) is 3.85. The molecule has 0 saturated heterocycles. The molecule has 4 rings (SSSR count). The molecule has 0 amide bonds. The third kappa shape index (κ3) is 3.26. The zero-order chi connectivity index (χ0) is 17.4. The number of nitrogens with zero attached hydrogens (tertiary/aromatic N) is 3. The number of hydrogen-bond donors (Lipinski definition) is 1. The predicted molar refractivity (Wildman–Crippen MR) is 100 cm³/mol. The third-order valence-corrected chi connectivity index (χ3v) is 5.13. The molecule has 126 valence electrons. The number of hydrogen-bond acceptors (Lipinski definition) is 5. The van der Waals surface area contributed by atoms with Crippen LogP contribution < -0.4 is 4.72 Å². The Morgan fingerprint density at radius 3 is 2.76 bits per heavy atom. The number of rotatable bonds is 4. The molecule has 0 unspecified atom stereocenters. The highest BCUT2D eigenvalue weighted by atomic mass is 32.2. The van der Waals surface area contributed by atoms with Gasteiger partial charge in [-0.25, -0.2) is 18.4 Å². The first kappa shape index (κ1) is 15.8. The normalized spacial score (nSPS) is 11.7. The molecule has 0 atom stereocenters. The quantitative estimate of drug-likeness (QED) is 0.596. The van der Waals surface area contributed by atoms with Crippen LogP contribution in [0.15, 0.2) is 60.4 Å². The lowest BCUT2D eigenvalue weighted by Gasteiger charge is -2.07. The van der Waals surface area contributed by atoms with E-state index in [2.05, 4.69) is 14.7 Å². The maximum Gasteiger partial charge on any atom is 0.229 e. The second-order valence-corrected chi connectivity index (χ2v) is 8.27. The Morgan fingerprint density at radius 2 is 2.00 bits per heavy atom. The summed E-state index contributed by atoms with van der Waals surface area (Å²) in [5, 5.41) is 2.01. The fourth-order valence-electron chi connectivity index (χ4n) is 2.61. The minimum Gasteiger partial charge on any atom is -0.296 e. The number of aromatic nitrogens is 3. The van der Waals surface area contributed by atoms with E-state index in [4.69, 9.17) is 0 Å². The molecule has 0 fully saturated rings. The standard InChI is InChI=1S/C17H14N4O2S2/c1-25(22,23)20-13-5-2-4-12(8-13)15-9-19-17-10-18-14(11-21(15)17)16-6-3-7-24-16/h2-11,20H,1H3. The van der Waals surface area contributed by atoms with Crippen LogP contribution in [0.25, 0.3) is 27.5 Å². The van der Waals surface area contributed by atoms with Crippen molar-refractivity contribution in [1.29, 1.82) is 0 Å². The molecule has 0 aliphatic carbocycles. The van der Waals surface area contributed by atoms with E-state index in [1.807, 2.05) is 40.2 Å². The summed E-state index contributed by atoms with van der Waals surface area (Å²) < 4.78 is 27.4. The van der Waals surface area contributed by atoms with Crippen molar-refractivity contribution in [2.24, 2.45) is 0 Å². The summed E-state index contributed by atoms with van der Waals surface area (Å²) >= 11 is 1.62. The van der Waals surface area contributed by atoms with Gasteiger partial charge in [0, 0.05) is 17.4 Å². The SMILES string of the molecule is CS(=O)(=O)Nc1cccc(-c2cnc3cnc(-c4cccs4)cn23)c1. The highest BCUT2D eigenvalue weighted by Crippen LogP contribution is 2.27. The maximum absolute atomic E-state index is 11.5. The van der Waals surface area contributed by atoms with Crippen LogP contribution in [0.2, 0.25) is 0 Å². The first-order valence-corrected chi connectivity index (χ1v) is 10.2. The molecule has 1 N–H and O–H groups in total. The largest absolute Gasteiger partial charge is 0.296 e. The van der Waals surface area contributed by atoms with Gasteiger partial charge in [0.25, 0.3) is 0 Å². The highest BCUT2D eigenvalue weighted by molar-refractivity contribution is 7.92. The number of benzene rings is 1. The van der Waals surface area contributed by atoms with Gasteiger partial charge in [0.1, 0.15) is 0 Å². The summed E-state index contributed by atoms with van der Waals surface area (Å²) in [6.45, 7) is 0. The van der Waals surface area contributed by atoms with Crippen LogP contribution in [0.1, 0.15) is 0 Å². The van der Waals surface area contributed by atoms with E-state index in [1.54, 1.807) is 35.9 Å². The number of imidazole rings is 1. The Balaban J connectivity index is 1.81. The van der Waals surface area contributed by atoms with E-state index in [-0.39, 0.29) is 0 Å². The van der Waals surface area contributed by atoms with E-state index >= 15 is 0 Å². The summed E-state index contributed by atoms with van der Waals surface area (Å²) in [7, 11) is -3.32. The molecule has 25 heavy (non-hydrogen) atoms. The molecule has 0 aliphatic heterocycles. The minimum atomic E-state index is -3.32. The van der Waals surface area contributed by atoms with E-state index in [0.717, 1.165) is 33.7 Å². The summed E-state index contributed by atoms with van der Waals surface area (Å²) in [6, 6.07) is 11.2. The van der Waals surface area contributed by atoms with Gasteiger partial charge >= 0.3 is 0 Å². The zero-order valence-electron chi connectivity index (χ0n) is 13.2. The molecule has 6 nitrogen and oxygen atoms in total. The highest BCUT2D eigenvalue weighted by Gasteiger charge is 2.10. The first-order valence-electron chi connectivity index (χ1n) is 7.45. The van der Waals surface area contributed by atoms with Crippen molar-refractivity contribution in [3.63, 3.8) is 0 Å². The minimum absolute atomic E-state index is 0.516. The van der Waals surface area contributed by atoms with Gasteiger partial charge in [-0.05, 0) is 23.6 Å². The topological polar surface area (TPSA) is 76.4 Å². The lowest BCUT2D eigenvalue weighted by molar-refractivity contribution is 0.607. The van der Waals surface area contributed by atoms with Crippen molar-refractivity contribution >= 4 is 32.7 Å². The first-order chi connectivity index (χ1) is 12.0. The van der Waals surface area contributed by atoms with Crippen molar-refractivity contribution in [3.05, 3.63) is 60.4 Å². The zero-order valence-corrected chi connectivity index (χ0v) is 14.9. The Morgan fingerprint density at radius 1 is 1.12 bits per heavy atom. The summed E-state index contributed by atoms with van der Waals surface area (Å²) in [6.07, 6.45) is 6.57. The molecule has 0 bridgehead atoms. The number of anilines is 1. The molecule has 0 saturated carbocycles. The van der Waals surface area contributed by atoms with Gasteiger partial charge < -0.3 is 0 Å². The van der Waals surface area contributed by atoms with Crippen LogP contribution in [-0.4, -0.2) is 29.0 Å². The molecule has 3 heterocycles. The van der Waals surface area contributed by atoms with Gasteiger partial charge in [0.05, 0.1) is 34.9 Å². The van der Waals surface area contributed by atoms with Gasteiger partial charge in [-0.15, -0.1) is 11.3 Å². The van der Waals surface area contributed by atoms with Gasteiger partial charge in [0.2, 0.25) is 10.0 Å². The van der Waals surface area contributed by atoms with Crippen LogP contribution in [-0.2, 0) is 10.0 Å². The second kappa shape index (κ2) is 5.98. The lowest BCUT2D eigenvalue weighted by Crippen LogP contribution is -2.09. The smallest absolute Gasteiger partial charge is 0.229 e. The average molecular weight is 370 g/mol. The van der Waals surface area contributed by atoms with E-state index in [0.29, 0.717) is 5.69 Å². The Bertz CT molecular complexity index is 1150. The summed E-state index contributed by atoms with van der Waals surface area (Å²) in [4.78, 5) is 9.92. The molecule has 3 aromatic heterocycles. The Labute approximate surface area is 148 Å². The van der Waals surface area contributed by atoms with Crippen LogP contribution in [0.3, 0.4) is 0 Å². The fraction of sp³-hybridized carbons (Fsp3) is 0.0588. The number of nitrogens with one attached hydrogen (secondary N) is 1. The van der Waals surface area contributed by atoms with E-state index in [1.165, 1.54) is 0 Å². The number of thiophene rings is 1. The van der Waals surface area contributed by atoms with Crippen LogP contribution >= 0.6 is 11.3 Å². The molecule has 0 aliphatic rings. The monoisotopic (exact) mass is 370 g/mol. The van der Waals surface area contributed by atoms with Gasteiger partial charge in [-0.1, -0.05) is 18.2 Å². The number of sulfonamides is 1.